The number of nitrogens with two attached hydrogens (primary N) is 1. The van der Waals surface area contributed by atoms with Gasteiger partial charge in [0.15, 0.2) is 11.2 Å². The van der Waals surface area contributed by atoms with E-state index in [0.29, 0.717) is 42.4 Å². The second-order valence-corrected chi connectivity index (χ2v) is 8.18. The van der Waals surface area contributed by atoms with Crippen molar-refractivity contribution in [1.29, 1.82) is 0 Å². The zero-order valence-electron chi connectivity index (χ0n) is 17.0. The number of ether oxygens (including phenoxy) is 1. The van der Waals surface area contributed by atoms with Gasteiger partial charge in [0.05, 0.1) is 6.20 Å². The first-order valence-corrected chi connectivity index (χ1v) is 10.5. The van der Waals surface area contributed by atoms with Gasteiger partial charge >= 0.3 is 0 Å². The van der Waals surface area contributed by atoms with Crippen molar-refractivity contribution in [1.82, 2.24) is 24.5 Å². The number of amides is 1. The van der Waals surface area contributed by atoms with Crippen LogP contribution in [0.25, 0.3) is 16.8 Å². The molecule has 31 heavy (non-hydrogen) atoms. The molecule has 162 valence electrons. The van der Waals surface area contributed by atoms with Crippen LogP contribution in [0.5, 0.6) is 5.88 Å². The molecule has 1 saturated carbocycles. The van der Waals surface area contributed by atoms with Crippen molar-refractivity contribution in [2.75, 3.05) is 18.9 Å². The zero-order chi connectivity index (χ0) is 21.5. The third-order valence-electron chi connectivity index (χ3n) is 5.90. The van der Waals surface area contributed by atoms with E-state index in [4.69, 9.17) is 10.5 Å². The number of anilines is 1. The minimum atomic E-state index is -0.571. The van der Waals surface area contributed by atoms with E-state index in [1.54, 1.807) is 29.1 Å². The summed E-state index contributed by atoms with van der Waals surface area (Å²) in [6.07, 6.45) is 6.54. The number of aromatic hydroxyl groups is 1. The highest BCUT2D eigenvalue weighted by Crippen LogP contribution is 2.29. The van der Waals surface area contributed by atoms with Crippen molar-refractivity contribution in [3.05, 3.63) is 40.4 Å². The first kappa shape index (κ1) is 19.6. The normalized spacial score (nSPS) is 17.2. The summed E-state index contributed by atoms with van der Waals surface area (Å²) >= 11 is 0. The third kappa shape index (κ3) is 3.63. The van der Waals surface area contributed by atoms with Crippen LogP contribution in [0.2, 0.25) is 0 Å². The van der Waals surface area contributed by atoms with Gasteiger partial charge in [-0.15, -0.1) is 0 Å². The quantitative estimate of drug-likeness (QED) is 0.559. The van der Waals surface area contributed by atoms with Crippen LogP contribution in [0.3, 0.4) is 0 Å². The molecule has 4 heterocycles. The maximum Gasteiger partial charge on any atom is 0.270 e. The Labute approximate surface area is 177 Å². The number of nitrogen functional groups attached to an aromatic ring is 1. The lowest BCUT2D eigenvalue weighted by atomic mass is 10.00. The Hall–Kier alpha value is -3.40. The van der Waals surface area contributed by atoms with Crippen LogP contribution < -0.4 is 16.6 Å². The van der Waals surface area contributed by atoms with Gasteiger partial charge in [0.2, 0.25) is 5.88 Å². The second kappa shape index (κ2) is 7.69. The summed E-state index contributed by atoms with van der Waals surface area (Å²) in [5, 5.41) is 17.9. The number of aromatic nitrogens is 4. The minimum absolute atomic E-state index is 0.0555. The van der Waals surface area contributed by atoms with E-state index in [0.717, 1.165) is 25.7 Å². The Morgan fingerprint density at radius 1 is 1.23 bits per heavy atom. The summed E-state index contributed by atoms with van der Waals surface area (Å²) in [5.41, 5.74) is 6.65. The van der Waals surface area contributed by atoms with E-state index in [2.05, 4.69) is 15.4 Å². The molecule has 0 aromatic carbocycles. The van der Waals surface area contributed by atoms with Gasteiger partial charge in [-0.2, -0.15) is 9.61 Å². The number of carbonyl (C=O) groups excluding carboxylic acids is 1. The van der Waals surface area contributed by atoms with Gasteiger partial charge in [0.25, 0.3) is 11.5 Å². The summed E-state index contributed by atoms with van der Waals surface area (Å²) in [5.74, 6) is -0.442. The Balaban J connectivity index is 1.69. The van der Waals surface area contributed by atoms with Gasteiger partial charge in [-0.1, -0.05) is 0 Å². The van der Waals surface area contributed by atoms with Gasteiger partial charge in [0, 0.05) is 43.1 Å². The fourth-order valence-corrected chi connectivity index (χ4v) is 4.00. The highest BCUT2D eigenvalue weighted by Gasteiger charge is 2.30. The molecule has 4 N–H and O–H groups in total. The lowest BCUT2D eigenvalue weighted by Gasteiger charge is -2.24. The molecule has 2 fully saturated rings. The zero-order valence-corrected chi connectivity index (χ0v) is 17.0. The molecule has 0 atom stereocenters. The summed E-state index contributed by atoms with van der Waals surface area (Å²) in [4.78, 5) is 30.4. The average molecular weight is 424 g/mol. The molecular formula is C21H24N6O4. The van der Waals surface area contributed by atoms with Gasteiger partial charge < -0.3 is 20.9 Å². The van der Waals surface area contributed by atoms with Gasteiger partial charge in [0.1, 0.15) is 5.82 Å². The molecule has 2 aliphatic rings. The molecule has 1 aliphatic heterocycles. The van der Waals surface area contributed by atoms with Crippen molar-refractivity contribution >= 4 is 17.4 Å². The highest BCUT2D eigenvalue weighted by atomic mass is 16.5. The molecule has 5 rings (SSSR count). The average Bonchev–Trinajstić information content (AvgIpc) is 3.47. The Morgan fingerprint density at radius 2 is 2.00 bits per heavy atom. The standard InChI is InChI=1S/C21H24N6O4/c22-16-4-1-13(9-23-16)15-10-24-27-19(15)26(11-12-5-7-31-8-6-12)20(29)17(21(27)30)18(28)25-14-2-3-14/h1,4,9-10,12,14,30H,2-3,5-8,11H2,(H2,22,23)(H,25,28). The van der Waals surface area contributed by atoms with E-state index in [1.807, 2.05) is 0 Å². The van der Waals surface area contributed by atoms with Crippen LogP contribution in [0.4, 0.5) is 5.82 Å². The molecule has 0 radical (unpaired) electrons. The smallest absolute Gasteiger partial charge is 0.270 e. The lowest BCUT2D eigenvalue weighted by molar-refractivity contribution is 0.0611. The van der Waals surface area contributed by atoms with Crippen LogP contribution in [0, 0.1) is 5.92 Å². The van der Waals surface area contributed by atoms with E-state index in [-0.39, 0.29) is 17.5 Å². The molecule has 10 heteroatoms. The largest absolute Gasteiger partial charge is 0.492 e. The first-order valence-electron chi connectivity index (χ1n) is 10.5. The van der Waals surface area contributed by atoms with Gasteiger partial charge in [-0.25, -0.2) is 4.98 Å². The Morgan fingerprint density at radius 3 is 2.68 bits per heavy atom. The van der Waals surface area contributed by atoms with Gasteiger partial charge in [-0.3, -0.25) is 14.2 Å². The number of hydrogen-bond acceptors (Lipinski definition) is 7. The van der Waals surface area contributed by atoms with Crippen molar-refractivity contribution < 1.29 is 14.6 Å². The number of rotatable bonds is 5. The Bertz CT molecular complexity index is 1190. The third-order valence-corrected chi connectivity index (χ3v) is 5.90. The molecular weight excluding hydrogens is 400 g/mol. The first-order chi connectivity index (χ1) is 15.0. The van der Waals surface area contributed by atoms with Crippen LogP contribution >= 0.6 is 0 Å². The molecule has 3 aromatic rings. The molecule has 3 aromatic heterocycles. The van der Waals surface area contributed by atoms with Crippen LogP contribution in [-0.2, 0) is 11.3 Å². The predicted octanol–water partition coefficient (Wildman–Crippen LogP) is 1.16. The highest BCUT2D eigenvalue weighted by molar-refractivity contribution is 5.97. The number of pyridine rings is 1. The van der Waals surface area contributed by atoms with Crippen molar-refractivity contribution in [2.45, 2.75) is 38.3 Å². The van der Waals surface area contributed by atoms with Crippen LogP contribution in [-0.4, -0.2) is 49.4 Å². The molecule has 10 nitrogen and oxygen atoms in total. The van der Waals surface area contributed by atoms with E-state index < -0.39 is 17.3 Å². The summed E-state index contributed by atoms with van der Waals surface area (Å²) in [7, 11) is 0. The maximum absolute atomic E-state index is 13.5. The summed E-state index contributed by atoms with van der Waals surface area (Å²) < 4.78 is 8.26. The number of carbonyl (C=O) groups is 1. The fraction of sp³-hybridized carbons (Fsp3) is 0.429. The number of hydrogen-bond donors (Lipinski definition) is 3. The van der Waals surface area contributed by atoms with E-state index in [1.165, 1.54) is 4.52 Å². The van der Waals surface area contributed by atoms with Crippen LogP contribution in [0.1, 0.15) is 36.0 Å². The lowest BCUT2D eigenvalue weighted by Crippen LogP contribution is -2.37. The van der Waals surface area contributed by atoms with E-state index >= 15 is 0 Å². The minimum Gasteiger partial charge on any atom is -0.492 e. The van der Waals surface area contributed by atoms with Crippen LogP contribution in [0.15, 0.2) is 29.3 Å². The fourth-order valence-electron chi connectivity index (χ4n) is 4.00. The molecule has 1 aliphatic carbocycles. The summed E-state index contributed by atoms with van der Waals surface area (Å²) in [6.45, 7) is 1.67. The predicted molar refractivity (Wildman–Crippen MR) is 113 cm³/mol. The molecule has 0 bridgehead atoms. The van der Waals surface area contributed by atoms with Crippen molar-refractivity contribution in [3.63, 3.8) is 0 Å². The summed E-state index contributed by atoms with van der Waals surface area (Å²) in [6, 6.07) is 3.50. The topological polar surface area (TPSA) is 137 Å². The number of fused-ring (bicyclic) bond motifs is 1. The van der Waals surface area contributed by atoms with Crippen molar-refractivity contribution in [3.8, 4) is 17.0 Å². The van der Waals surface area contributed by atoms with Crippen molar-refractivity contribution in [2.24, 2.45) is 5.92 Å². The molecule has 1 amide bonds. The molecule has 0 spiro atoms. The van der Waals surface area contributed by atoms with Gasteiger partial charge in [-0.05, 0) is 43.7 Å². The SMILES string of the molecule is Nc1ccc(-c2cnn3c(O)c(C(=O)NC4CC4)c(=O)n(CC4CCOCC4)c23)cn1. The second-order valence-electron chi connectivity index (χ2n) is 8.18. The Kier molecular flexibility index (Phi) is 4.85. The molecule has 0 unspecified atom stereocenters. The molecule has 1 saturated heterocycles. The maximum atomic E-state index is 13.5. The number of nitrogens with one attached hydrogen (secondary N) is 1. The monoisotopic (exact) mass is 424 g/mol. The van der Waals surface area contributed by atoms with E-state index in [9.17, 15) is 14.7 Å². The number of nitrogens with zero attached hydrogens (tertiary/aromatic N) is 4.